The van der Waals surface area contributed by atoms with Gasteiger partial charge < -0.3 is 47.0 Å². The number of phenolic OH excluding ortho intramolecular Hbond substituents is 2. The summed E-state index contributed by atoms with van der Waals surface area (Å²) in [7, 11) is 0. The molecule has 1 aliphatic carbocycles. The van der Waals surface area contributed by atoms with Crippen molar-refractivity contribution in [3.8, 4) is 11.5 Å². The van der Waals surface area contributed by atoms with E-state index in [1.165, 1.54) is 12.1 Å². The molecule has 230 valence electrons. The van der Waals surface area contributed by atoms with Crippen LogP contribution >= 0.6 is 0 Å². The molecule has 9 N–H and O–H groups in total. The summed E-state index contributed by atoms with van der Waals surface area (Å²) in [6, 6.07) is 4.60. The van der Waals surface area contributed by atoms with Gasteiger partial charge in [-0.05, 0) is 94.9 Å². The molecule has 0 atom stereocenters. The lowest BCUT2D eigenvalue weighted by atomic mass is 9.98. The molecule has 1 aromatic carbocycles. The monoisotopic (exact) mass is 575 g/mol. The number of aromatic hydroxyl groups is 2. The number of hydrogen-bond donors (Lipinski definition) is 7. The molecule has 2 rings (SSSR count). The Morgan fingerprint density at radius 2 is 1.32 bits per heavy atom. The first-order valence-electron chi connectivity index (χ1n) is 14.7. The predicted octanol–water partition coefficient (Wildman–Crippen LogP) is 2.58. The maximum Gasteiger partial charge on any atom is 0.222 e. The van der Waals surface area contributed by atoms with E-state index in [0.717, 1.165) is 49.9 Å². The summed E-state index contributed by atoms with van der Waals surface area (Å²) in [5.74, 6) is -0.375. The van der Waals surface area contributed by atoms with Crippen LogP contribution in [0.15, 0.2) is 41.4 Å². The normalized spacial score (nSPS) is 13.3. The Bertz CT molecular complexity index is 1030. The molecule has 0 spiro atoms. The lowest BCUT2D eigenvalue weighted by Crippen LogP contribution is -2.36. The van der Waals surface area contributed by atoms with Crippen LogP contribution in [0.3, 0.4) is 0 Å². The van der Waals surface area contributed by atoms with Gasteiger partial charge in [0.25, 0.3) is 0 Å². The topological polar surface area (TPSA) is 186 Å². The molecule has 0 heterocycles. The first kappa shape index (κ1) is 33.9. The summed E-state index contributed by atoms with van der Waals surface area (Å²) >= 11 is 0. The maximum atomic E-state index is 12.8. The minimum Gasteiger partial charge on any atom is -0.508 e. The average molecular weight is 576 g/mol. The highest BCUT2D eigenvalue weighted by Crippen LogP contribution is 2.26. The zero-order valence-electron chi connectivity index (χ0n) is 24.2. The quantitative estimate of drug-likeness (QED) is 0.0906. The van der Waals surface area contributed by atoms with Gasteiger partial charge in [0.1, 0.15) is 5.76 Å². The Morgan fingerprint density at radius 3 is 1.85 bits per heavy atom. The van der Waals surface area contributed by atoms with Crippen molar-refractivity contribution in [3.05, 3.63) is 46.9 Å². The SMILES string of the molecule is NCCCN(CCCNCCCN(CCCN)C(=O)CCc1ccc(O)c(O)c1)C(=O)CCC1=CC(O)=C(O)CC1. The smallest absolute Gasteiger partial charge is 0.222 e. The molecule has 41 heavy (non-hydrogen) atoms. The fraction of sp³-hybridized carbons (Fsp3) is 0.600. The number of nitrogens with two attached hydrogens (primary N) is 2. The highest BCUT2D eigenvalue weighted by atomic mass is 16.3. The third-order valence-electron chi connectivity index (χ3n) is 7.18. The fourth-order valence-electron chi connectivity index (χ4n) is 4.71. The van der Waals surface area contributed by atoms with E-state index in [2.05, 4.69) is 5.32 Å². The van der Waals surface area contributed by atoms with E-state index in [0.29, 0.717) is 77.8 Å². The van der Waals surface area contributed by atoms with Crippen LogP contribution in [0.4, 0.5) is 0 Å². The third-order valence-corrected chi connectivity index (χ3v) is 7.18. The van der Waals surface area contributed by atoms with E-state index in [4.69, 9.17) is 11.5 Å². The van der Waals surface area contributed by atoms with Gasteiger partial charge in [-0.1, -0.05) is 11.6 Å². The highest BCUT2D eigenvalue weighted by Gasteiger charge is 2.17. The number of aliphatic hydroxyl groups is 2. The van der Waals surface area contributed by atoms with E-state index in [1.807, 2.05) is 9.80 Å². The largest absolute Gasteiger partial charge is 0.508 e. The molecule has 0 saturated carbocycles. The van der Waals surface area contributed by atoms with Crippen molar-refractivity contribution in [3.63, 3.8) is 0 Å². The Labute approximate surface area is 243 Å². The molecule has 0 bridgehead atoms. The standard InChI is InChI=1S/C30H49N5O6/c31-13-1-17-34(29(40)11-7-23-5-9-25(36)27(38)21-23)19-3-15-33-16-4-20-35(18-2-14-32)30(41)12-8-24-6-10-26(37)28(39)22-24/h5,9,21-22,33,36-39H,1-4,6-8,10-20,31-32H2. The number of benzene rings is 1. The summed E-state index contributed by atoms with van der Waals surface area (Å²) < 4.78 is 0. The number of allylic oxidation sites excluding steroid dienone is 3. The second-order valence-corrected chi connectivity index (χ2v) is 10.5. The maximum absolute atomic E-state index is 12.8. The highest BCUT2D eigenvalue weighted by molar-refractivity contribution is 5.77. The summed E-state index contributed by atoms with van der Waals surface area (Å²) in [4.78, 5) is 29.4. The molecule has 0 unspecified atom stereocenters. The molecule has 0 radical (unpaired) electrons. The van der Waals surface area contributed by atoms with Crippen molar-refractivity contribution in [2.24, 2.45) is 11.5 Å². The zero-order valence-corrected chi connectivity index (χ0v) is 24.2. The molecule has 1 aliphatic rings. The first-order valence-corrected chi connectivity index (χ1v) is 14.7. The summed E-state index contributed by atoms with van der Waals surface area (Å²) in [6.07, 6.45) is 7.37. The first-order chi connectivity index (χ1) is 19.7. The van der Waals surface area contributed by atoms with Crippen molar-refractivity contribution in [2.75, 3.05) is 52.4 Å². The second-order valence-electron chi connectivity index (χ2n) is 10.5. The predicted molar refractivity (Wildman–Crippen MR) is 160 cm³/mol. The number of nitrogens with one attached hydrogen (secondary N) is 1. The van der Waals surface area contributed by atoms with E-state index in [1.54, 1.807) is 12.1 Å². The molecule has 11 nitrogen and oxygen atoms in total. The van der Waals surface area contributed by atoms with Gasteiger partial charge in [0.15, 0.2) is 17.3 Å². The number of aliphatic hydroxyl groups excluding tert-OH is 2. The van der Waals surface area contributed by atoms with Gasteiger partial charge in [-0.25, -0.2) is 0 Å². The van der Waals surface area contributed by atoms with Crippen LogP contribution in [0.2, 0.25) is 0 Å². The lowest BCUT2D eigenvalue weighted by molar-refractivity contribution is -0.132. The average Bonchev–Trinajstić information content (AvgIpc) is 2.96. The number of amides is 2. The van der Waals surface area contributed by atoms with Crippen molar-refractivity contribution >= 4 is 11.8 Å². The minimum absolute atomic E-state index is 0.000438. The van der Waals surface area contributed by atoms with E-state index in [9.17, 15) is 30.0 Å². The van der Waals surface area contributed by atoms with Crippen LogP contribution in [0, 0.1) is 0 Å². The van der Waals surface area contributed by atoms with Gasteiger partial charge in [-0.3, -0.25) is 9.59 Å². The van der Waals surface area contributed by atoms with E-state index >= 15 is 0 Å². The van der Waals surface area contributed by atoms with Gasteiger partial charge in [0.05, 0.1) is 0 Å². The van der Waals surface area contributed by atoms with Gasteiger partial charge in [-0.15, -0.1) is 0 Å². The second kappa shape index (κ2) is 19.0. The van der Waals surface area contributed by atoms with Crippen LogP contribution in [0.1, 0.15) is 63.4 Å². The summed E-state index contributed by atoms with van der Waals surface area (Å²) in [5.41, 5.74) is 13.1. The number of carbonyl (C=O) groups is 2. The van der Waals surface area contributed by atoms with Gasteiger partial charge >= 0.3 is 0 Å². The van der Waals surface area contributed by atoms with Crippen molar-refractivity contribution in [1.82, 2.24) is 15.1 Å². The van der Waals surface area contributed by atoms with Gasteiger partial charge in [0.2, 0.25) is 11.8 Å². The van der Waals surface area contributed by atoms with E-state index in [-0.39, 0.29) is 34.8 Å². The van der Waals surface area contributed by atoms with E-state index < -0.39 is 0 Å². The van der Waals surface area contributed by atoms with Crippen LogP contribution < -0.4 is 16.8 Å². The molecule has 0 saturated heterocycles. The number of carbonyl (C=O) groups excluding carboxylic acids is 2. The van der Waals surface area contributed by atoms with Crippen LogP contribution in [0.5, 0.6) is 11.5 Å². The number of rotatable bonds is 20. The van der Waals surface area contributed by atoms with Gasteiger partial charge in [-0.2, -0.15) is 0 Å². The van der Waals surface area contributed by atoms with Crippen LogP contribution in [-0.4, -0.2) is 94.4 Å². The number of phenols is 2. The molecule has 0 aliphatic heterocycles. The Hall–Kier alpha value is -3.28. The molecule has 0 fully saturated rings. The third kappa shape index (κ3) is 12.8. The summed E-state index contributed by atoms with van der Waals surface area (Å²) in [6.45, 7) is 4.97. The summed E-state index contributed by atoms with van der Waals surface area (Å²) in [5, 5.41) is 41.8. The Kier molecular flexibility index (Phi) is 15.7. The molecule has 11 heteroatoms. The van der Waals surface area contributed by atoms with Gasteiger partial charge in [0, 0.05) is 45.4 Å². The van der Waals surface area contributed by atoms with Crippen LogP contribution in [0.25, 0.3) is 0 Å². The van der Waals surface area contributed by atoms with Crippen molar-refractivity contribution in [1.29, 1.82) is 0 Å². The fourth-order valence-corrected chi connectivity index (χ4v) is 4.71. The number of aryl methyl sites for hydroxylation is 1. The van der Waals surface area contributed by atoms with Crippen molar-refractivity contribution < 1.29 is 30.0 Å². The van der Waals surface area contributed by atoms with Crippen molar-refractivity contribution in [2.45, 2.75) is 64.2 Å². The van der Waals surface area contributed by atoms with Crippen LogP contribution in [-0.2, 0) is 16.0 Å². The molecule has 2 amide bonds. The molecular weight excluding hydrogens is 526 g/mol. The Morgan fingerprint density at radius 1 is 0.756 bits per heavy atom. The minimum atomic E-state index is -0.189. The molecule has 0 aromatic heterocycles. The number of nitrogens with zero attached hydrogens (tertiary/aromatic N) is 2. The Balaban J connectivity index is 1.70. The molecular formula is C30H49N5O6. The zero-order chi connectivity index (χ0) is 30.0. The molecule has 1 aromatic rings. The lowest BCUT2D eigenvalue weighted by Gasteiger charge is -2.24. The number of hydrogen-bond acceptors (Lipinski definition) is 9.